The summed E-state index contributed by atoms with van der Waals surface area (Å²) in [6.07, 6.45) is -12.0. The van der Waals surface area contributed by atoms with E-state index in [1.165, 1.54) is 6.07 Å². The van der Waals surface area contributed by atoms with Crippen LogP contribution in [0.5, 0.6) is 0 Å². The molecule has 0 spiro atoms. The van der Waals surface area contributed by atoms with Gasteiger partial charge < -0.3 is 4.84 Å². The van der Waals surface area contributed by atoms with Crippen LogP contribution in [0.4, 0.5) is 30.7 Å². The van der Waals surface area contributed by atoms with E-state index >= 15 is 0 Å². The standard InChI is InChI=1S/C24H14Cl3F7N2O4/c25-14-3-10(1-2-13(14)18(37)4-11-5-19(38)36(21(11)39)9-23(29,30)31)17-8-22(40-35-17,24(32,33)34)12-6-15(26)20(28)16(27)7-12/h1-3,6-7,11H,4-5,8-9H2/t11-,22?/m1/s1. The number of benzene rings is 2. The summed E-state index contributed by atoms with van der Waals surface area (Å²) in [5, 5.41) is 1.94. The van der Waals surface area contributed by atoms with Gasteiger partial charge in [-0.05, 0) is 24.3 Å². The molecule has 0 aromatic heterocycles. The molecule has 1 unspecified atom stereocenters. The van der Waals surface area contributed by atoms with Gasteiger partial charge in [0.25, 0.3) is 5.60 Å². The molecule has 4 rings (SSSR count). The van der Waals surface area contributed by atoms with Gasteiger partial charge in [-0.15, -0.1) is 0 Å². The van der Waals surface area contributed by atoms with Crippen molar-refractivity contribution in [3.8, 4) is 0 Å². The summed E-state index contributed by atoms with van der Waals surface area (Å²) in [6.45, 7) is -1.77. The number of Topliss-reactive ketones (excluding diaryl/α,β-unsaturated/α-hetero) is 1. The molecule has 0 bridgehead atoms. The van der Waals surface area contributed by atoms with E-state index in [9.17, 15) is 45.1 Å². The maximum atomic E-state index is 14.2. The summed E-state index contributed by atoms with van der Waals surface area (Å²) in [7, 11) is 0. The summed E-state index contributed by atoms with van der Waals surface area (Å²) in [5.74, 6) is -5.44. The molecule has 2 aromatic carbocycles. The lowest BCUT2D eigenvalue weighted by Gasteiger charge is -2.29. The fraction of sp³-hybridized carbons (Fsp3) is 0.333. The number of alkyl halides is 6. The van der Waals surface area contributed by atoms with Crippen LogP contribution >= 0.6 is 34.8 Å². The van der Waals surface area contributed by atoms with Crippen LogP contribution in [0, 0.1) is 11.7 Å². The third kappa shape index (κ3) is 5.64. The molecule has 2 aliphatic heterocycles. The number of carbonyl (C=O) groups is 3. The maximum Gasteiger partial charge on any atom is 0.435 e. The summed E-state index contributed by atoms with van der Waals surface area (Å²) in [5.41, 5.74) is -4.08. The van der Waals surface area contributed by atoms with Gasteiger partial charge in [0.05, 0.1) is 26.7 Å². The molecule has 0 aliphatic carbocycles. The Bertz CT molecular complexity index is 1420. The Morgan fingerprint density at radius 3 is 2.20 bits per heavy atom. The van der Waals surface area contributed by atoms with E-state index in [2.05, 4.69) is 5.16 Å². The number of nitrogens with zero attached hydrogens (tertiary/aromatic N) is 2. The SMILES string of the molecule is O=C(C[C@@H]1CC(=O)N(CC(F)(F)F)C1=O)c1ccc(C2=NOC(c3cc(Cl)c(F)c(Cl)c3)(C(F)(F)F)C2)cc1Cl. The van der Waals surface area contributed by atoms with Crippen molar-refractivity contribution in [3.63, 3.8) is 0 Å². The largest absolute Gasteiger partial charge is 0.435 e. The number of oxime groups is 1. The number of imide groups is 1. The summed E-state index contributed by atoms with van der Waals surface area (Å²) in [4.78, 5) is 41.8. The van der Waals surface area contributed by atoms with Crippen LogP contribution in [0.15, 0.2) is 35.5 Å². The fourth-order valence-corrected chi connectivity index (χ4v) is 5.13. The van der Waals surface area contributed by atoms with Gasteiger partial charge >= 0.3 is 12.4 Å². The van der Waals surface area contributed by atoms with Crippen molar-refractivity contribution in [1.82, 2.24) is 4.90 Å². The van der Waals surface area contributed by atoms with Gasteiger partial charge in [-0.25, -0.2) is 4.39 Å². The van der Waals surface area contributed by atoms with Crippen LogP contribution in [0.25, 0.3) is 0 Å². The molecule has 0 radical (unpaired) electrons. The van der Waals surface area contributed by atoms with E-state index in [1.54, 1.807) is 0 Å². The number of likely N-dealkylation sites (tertiary alicyclic amines) is 1. The highest BCUT2D eigenvalue weighted by Gasteiger charge is 2.62. The Labute approximate surface area is 235 Å². The third-order valence-electron chi connectivity index (χ3n) is 6.35. The smallest absolute Gasteiger partial charge is 0.374 e. The first-order valence-corrected chi connectivity index (χ1v) is 12.3. The van der Waals surface area contributed by atoms with Crippen LogP contribution < -0.4 is 0 Å². The molecule has 1 saturated heterocycles. The van der Waals surface area contributed by atoms with Crippen molar-refractivity contribution in [3.05, 3.63) is 67.9 Å². The monoisotopic (exact) mass is 632 g/mol. The highest BCUT2D eigenvalue weighted by molar-refractivity contribution is 6.35. The van der Waals surface area contributed by atoms with E-state index in [4.69, 9.17) is 39.6 Å². The zero-order valence-corrected chi connectivity index (χ0v) is 21.9. The minimum atomic E-state index is -5.06. The normalized spacial score (nSPS) is 21.6. The Morgan fingerprint density at radius 2 is 1.65 bits per heavy atom. The van der Waals surface area contributed by atoms with Crippen molar-refractivity contribution < 1.29 is 50.0 Å². The molecule has 214 valence electrons. The van der Waals surface area contributed by atoms with E-state index in [0.717, 1.165) is 12.1 Å². The molecular weight excluding hydrogens is 620 g/mol. The van der Waals surface area contributed by atoms with Gasteiger partial charge in [-0.1, -0.05) is 46.0 Å². The Kier molecular flexibility index (Phi) is 7.89. The number of rotatable bonds is 6. The summed E-state index contributed by atoms with van der Waals surface area (Å²) < 4.78 is 94.4. The van der Waals surface area contributed by atoms with Gasteiger partial charge in [0.1, 0.15) is 6.54 Å². The molecule has 2 atom stereocenters. The second-order valence-corrected chi connectivity index (χ2v) is 10.3. The second-order valence-electron chi connectivity index (χ2n) is 9.04. The molecule has 40 heavy (non-hydrogen) atoms. The molecule has 0 saturated carbocycles. The topological polar surface area (TPSA) is 76.0 Å². The Hall–Kier alpha value is -2.90. The molecule has 2 heterocycles. The molecule has 0 N–H and O–H groups in total. The highest BCUT2D eigenvalue weighted by Crippen LogP contribution is 2.50. The fourth-order valence-electron chi connectivity index (χ4n) is 4.36. The predicted octanol–water partition coefficient (Wildman–Crippen LogP) is 6.88. The highest BCUT2D eigenvalue weighted by atomic mass is 35.5. The summed E-state index contributed by atoms with van der Waals surface area (Å²) in [6, 6.07) is 4.89. The van der Waals surface area contributed by atoms with Gasteiger partial charge in [0.15, 0.2) is 11.6 Å². The average Bonchev–Trinajstić information content (AvgIpc) is 3.40. The second kappa shape index (κ2) is 10.5. The zero-order chi connectivity index (χ0) is 29.8. The molecule has 2 amide bonds. The Morgan fingerprint density at radius 1 is 1.02 bits per heavy atom. The van der Waals surface area contributed by atoms with E-state index in [0.29, 0.717) is 12.1 Å². The van der Waals surface area contributed by atoms with Crippen molar-refractivity contribution >= 4 is 58.1 Å². The number of amides is 2. The van der Waals surface area contributed by atoms with Crippen LogP contribution in [0.1, 0.15) is 40.7 Å². The molecule has 6 nitrogen and oxygen atoms in total. The lowest BCUT2D eigenvalue weighted by Crippen LogP contribution is -2.42. The van der Waals surface area contributed by atoms with Crippen LogP contribution in [-0.4, -0.2) is 47.1 Å². The van der Waals surface area contributed by atoms with E-state index in [1.807, 2.05) is 0 Å². The first kappa shape index (κ1) is 30.1. The van der Waals surface area contributed by atoms with Crippen LogP contribution in [0.3, 0.4) is 0 Å². The van der Waals surface area contributed by atoms with Crippen molar-refractivity contribution in [2.75, 3.05) is 6.54 Å². The first-order chi connectivity index (χ1) is 18.4. The minimum Gasteiger partial charge on any atom is -0.374 e. The minimum absolute atomic E-state index is 0.0236. The molecule has 1 fully saturated rings. The number of carbonyl (C=O) groups excluding carboxylic acids is 3. The van der Waals surface area contributed by atoms with Crippen LogP contribution in [-0.2, 0) is 20.0 Å². The number of hydrogen-bond donors (Lipinski definition) is 0. The van der Waals surface area contributed by atoms with Gasteiger partial charge in [-0.2, -0.15) is 26.3 Å². The van der Waals surface area contributed by atoms with Gasteiger partial charge in [-0.3, -0.25) is 19.3 Å². The lowest BCUT2D eigenvalue weighted by atomic mass is 9.86. The zero-order valence-electron chi connectivity index (χ0n) is 19.6. The first-order valence-electron chi connectivity index (χ1n) is 11.1. The molecule has 16 heteroatoms. The van der Waals surface area contributed by atoms with Crippen molar-refractivity contribution in [2.24, 2.45) is 11.1 Å². The van der Waals surface area contributed by atoms with Gasteiger partial charge in [0.2, 0.25) is 11.8 Å². The Balaban J connectivity index is 1.54. The number of halogens is 10. The summed E-state index contributed by atoms with van der Waals surface area (Å²) >= 11 is 17.5. The number of hydrogen-bond acceptors (Lipinski definition) is 5. The van der Waals surface area contributed by atoms with E-state index in [-0.39, 0.29) is 26.8 Å². The quantitative estimate of drug-likeness (QED) is 0.151. The third-order valence-corrected chi connectivity index (χ3v) is 7.21. The van der Waals surface area contributed by atoms with Crippen molar-refractivity contribution in [1.29, 1.82) is 0 Å². The molecular formula is C24H14Cl3F7N2O4. The number of ketones is 1. The predicted molar refractivity (Wildman–Crippen MR) is 128 cm³/mol. The van der Waals surface area contributed by atoms with Gasteiger partial charge in [0, 0.05) is 36.0 Å². The molecule has 2 aliphatic rings. The molecule has 2 aromatic rings. The van der Waals surface area contributed by atoms with Crippen LogP contribution in [0.2, 0.25) is 15.1 Å². The maximum absolute atomic E-state index is 14.2. The average molecular weight is 634 g/mol. The van der Waals surface area contributed by atoms with E-state index < -0.39 is 88.7 Å². The van der Waals surface area contributed by atoms with Crippen molar-refractivity contribution in [2.45, 2.75) is 37.2 Å². The lowest BCUT2D eigenvalue weighted by molar-refractivity contribution is -0.275.